The Bertz CT molecular complexity index is 550. The maximum absolute atomic E-state index is 11.8. The third-order valence-electron chi connectivity index (χ3n) is 3.81. The molecule has 1 aromatic carbocycles. The van der Waals surface area contributed by atoms with Crippen LogP contribution in [0, 0.1) is 10.1 Å². The first-order chi connectivity index (χ1) is 10.0. The van der Waals surface area contributed by atoms with Crippen molar-refractivity contribution < 1.29 is 14.8 Å². The first kappa shape index (κ1) is 15.2. The summed E-state index contributed by atoms with van der Waals surface area (Å²) in [5, 5.41) is 26.3. The van der Waals surface area contributed by atoms with Gasteiger partial charge in [-0.2, -0.15) is 0 Å². The molecule has 0 aromatic heterocycles. The van der Waals surface area contributed by atoms with Gasteiger partial charge in [-0.15, -0.1) is 0 Å². The van der Waals surface area contributed by atoms with E-state index in [0.29, 0.717) is 12.1 Å². The Balaban J connectivity index is 2.33. The zero-order valence-corrected chi connectivity index (χ0v) is 11.9. The lowest BCUT2D eigenvalue weighted by molar-refractivity contribution is -0.384. The van der Waals surface area contributed by atoms with E-state index in [9.17, 15) is 20.0 Å². The number of hydrogen-bond donors (Lipinski definition) is 3. The minimum absolute atomic E-state index is 0.0878. The molecule has 0 bridgehead atoms. The molecular weight excluding hydrogens is 274 g/mol. The molecule has 114 valence electrons. The lowest BCUT2D eigenvalue weighted by atomic mass is 9.77. The standard InChI is InChI=1S/C14H19N3O4/c1-2-15-13(19)10-4-5-12(17(20)21)11(8-10)16-14(9-18)6-3-7-14/h4-5,8,16,18H,2-3,6-7,9H2,1H3,(H,15,19). The molecule has 1 fully saturated rings. The van der Waals surface area contributed by atoms with Crippen molar-refractivity contribution in [2.75, 3.05) is 18.5 Å². The third-order valence-corrected chi connectivity index (χ3v) is 3.81. The number of aliphatic hydroxyl groups is 1. The summed E-state index contributed by atoms with van der Waals surface area (Å²) >= 11 is 0. The van der Waals surface area contributed by atoms with Gasteiger partial charge in [-0.05, 0) is 38.3 Å². The fourth-order valence-corrected chi connectivity index (χ4v) is 2.41. The topological polar surface area (TPSA) is 104 Å². The Kier molecular flexibility index (Phi) is 4.42. The Morgan fingerprint density at radius 1 is 1.48 bits per heavy atom. The highest BCUT2D eigenvalue weighted by Gasteiger charge is 2.37. The minimum atomic E-state index is -0.509. The summed E-state index contributed by atoms with van der Waals surface area (Å²) in [6.07, 6.45) is 2.48. The number of carbonyl (C=O) groups is 1. The van der Waals surface area contributed by atoms with Crippen LogP contribution in [-0.2, 0) is 0 Å². The molecule has 0 heterocycles. The summed E-state index contributed by atoms with van der Waals surface area (Å²) in [6.45, 7) is 2.20. The SMILES string of the molecule is CCNC(=O)c1ccc([N+](=O)[O-])c(NC2(CO)CCC2)c1. The Morgan fingerprint density at radius 3 is 2.67 bits per heavy atom. The smallest absolute Gasteiger partial charge is 0.292 e. The van der Waals surface area contributed by atoms with Crippen molar-refractivity contribution in [2.24, 2.45) is 0 Å². The molecule has 3 N–H and O–H groups in total. The molecule has 7 heteroatoms. The Morgan fingerprint density at radius 2 is 2.19 bits per heavy atom. The molecule has 0 atom stereocenters. The van der Waals surface area contributed by atoms with Crippen molar-refractivity contribution in [2.45, 2.75) is 31.7 Å². The normalized spacial score (nSPS) is 15.9. The highest BCUT2D eigenvalue weighted by atomic mass is 16.6. The van der Waals surface area contributed by atoms with E-state index < -0.39 is 10.5 Å². The van der Waals surface area contributed by atoms with Crippen LogP contribution < -0.4 is 10.6 Å². The Hall–Kier alpha value is -2.15. The molecular formula is C14H19N3O4. The molecule has 0 radical (unpaired) electrons. The van der Waals surface area contributed by atoms with Crippen LogP contribution >= 0.6 is 0 Å². The number of hydrogen-bond acceptors (Lipinski definition) is 5. The van der Waals surface area contributed by atoms with Gasteiger partial charge in [-0.1, -0.05) is 0 Å². The summed E-state index contributed by atoms with van der Waals surface area (Å²) < 4.78 is 0. The van der Waals surface area contributed by atoms with Crippen LogP contribution in [0.2, 0.25) is 0 Å². The maximum Gasteiger partial charge on any atom is 0.292 e. The predicted molar refractivity (Wildman–Crippen MR) is 78.4 cm³/mol. The fraction of sp³-hybridized carbons (Fsp3) is 0.500. The number of nitrogens with one attached hydrogen (secondary N) is 2. The van der Waals surface area contributed by atoms with Crippen LogP contribution in [0.3, 0.4) is 0 Å². The minimum Gasteiger partial charge on any atom is -0.394 e. The summed E-state index contributed by atoms with van der Waals surface area (Å²) in [5.74, 6) is -0.276. The lowest BCUT2D eigenvalue weighted by Gasteiger charge is -2.41. The number of nitro benzene ring substituents is 1. The fourth-order valence-electron chi connectivity index (χ4n) is 2.41. The van der Waals surface area contributed by atoms with E-state index in [2.05, 4.69) is 10.6 Å². The average Bonchev–Trinajstić information content (AvgIpc) is 2.42. The highest BCUT2D eigenvalue weighted by Crippen LogP contribution is 2.37. The molecule has 0 saturated heterocycles. The lowest BCUT2D eigenvalue weighted by Crippen LogP contribution is -2.48. The van der Waals surface area contributed by atoms with E-state index in [1.807, 2.05) is 0 Å². The molecule has 2 rings (SSSR count). The molecule has 1 aliphatic carbocycles. The van der Waals surface area contributed by atoms with Gasteiger partial charge < -0.3 is 15.7 Å². The number of amides is 1. The van der Waals surface area contributed by atoms with Crippen molar-refractivity contribution in [1.29, 1.82) is 0 Å². The van der Waals surface area contributed by atoms with Crippen molar-refractivity contribution >= 4 is 17.3 Å². The largest absolute Gasteiger partial charge is 0.394 e. The van der Waals surface area contributed by atoms with Gasteiger partial charge >= 0.3 is 0 Å². The number of nitrogens with zero attached hydrogens (tertiary/aromatic N) is 1. The van der Waals surface area contributed by atoms with Gasteiger partial charge in [0.05, 0.1) is 17.1 Å². The molecule has 1 saturated carbocycles. The van der Waals surface area contributed by atoms with Crippen molar-refractivity contribution in [1.82, 2.24) is 5.32 Å². The summed E-state index contributed by atoms with van der Waals surface area (Å²) in [6, 6.07) is 4.22. The first-order valence-electron chi connectivity index (χ1n) is 6.97. The molecule has 1 aliphatic rings. The van der Waals surface area contributed by atoms with Crippen molar-refractivity contribution in [3.05, 3.63) is 33.9 Å². The van der Waals surface area contributed by atoms with Crippen LogP contribution in [0.4, 0.5) is 11.4 Å². The van der Waals surface area contributed by atoms with Gasteiger partial charge in [0, 0.05) is 18.2 Å². The molecule has 21 heavy (non-hydrogen) atoms. The quantitative estimate of drug-likeness (QED) is 0.546. The zero-order valence-electron chi connectivity index (χ0n) is 11.9. The monoisotopic (exact) mass is 293 g/mol. The predicted octanol–water partition coefficient (Wildman–Crippen LogP) is 1.67. The number of carbonyl (C=O) groups excluding carboxylic acids is 1. The number of rotatable bonds is 6. The van der Waals surface area contributed by atoms with Crippen LogP contribution in [-0.4, -0.2) is 34.6 Å². The average molecular weight is 293 g/mol. The third kappa shape index (κ3) is 3.13. The number of nitro groups is 1. The second-order valence-electron chi connectivity index (χ2n) is 5.27. The van der Waals surface area contributed by atoms with E-state index in [-0.39, 0.29) is 23.9 Å². The van der Waals surface area contributed by atoms with Gasteiger partial charge in [0.25, 0.3) is 11.6 Å². The van der Waals surface area contributed by atoms with Gasteiger partial charge in [0.2, 0.25) is 0 Å². The van der Waals surface area contributed by atoms with Crippen molar-refractivity contribution in [3.63, 3.8) is 0 Å². The molecule has 0 spiro atoms. The van der Waals surface area contributed by atoms with Crippen LogP contribution in [0.1, 0.15) is 36.5 Å². The number of benzene rings is 1. The van der Waals surface area contributed by atoms with Gasteiger partial charge in [0.15, 0.2) is 0 Å². The Labute approximate surface area is 122 Å². The van der Waals surface area contributed by atoms with E-state index in [4.69, 9.17) is 0 Å². The molecule has 7 nitrogen and oxygen atoms in total. The second kappa shape index (κ2) is 6.09. The van der Waals surface area contributed by atoms with Crippen LogP contribution in [0.15, 0.2) is 18.2 Å². The van der Waals surface area contributed by atoms with Gasteiger partial charge in [-0.25, -0.2) is 0 Å². The second-order valence-corrected chi connectivity index (χ2v) is 5.27. The first-order valence-corrected chi connectivity index (χ1v) is 6.97. The summed E-state index contributed by atoms with van der Waals surface area (Å²) in [4.78, 5) is 22.5. The highest BCUT2D eigenvalue weighted by molar-refractivity contribution is 5.95. The molecule has 0 aliphatic heterocycles. The van der Waals surface area contributed by atoms with E-state index in [1.165, 1.54) is 18.2 Å². The molecule has 0 unspecified atom stereocenters. The summed E-state index contributed by atoms with van der Waals surface area (Å²) in [7, 11) is 0. The molecule has 1 aromatic rings. The number of anilines is 1. The van der Waals surface area contributed by atoms with Crippen molar-refractivity contribution in [3.8, 4) is 0 Å². The van der Waals surface area contributed by atoms with Gasteiger partial charge in [0.1, 0.15) is 5.69 Å². The van der Waals surface area contributed by atoms with Crippen LogP contribution in [0.25, 0.3) is 0 Å². The zero-order chi connectivity index (χ0) is 15.5. The maximum atomic E-state index is 11.8. The van der Waals surface area contributed by atoms with E-state index >= 15 is 0 Å². The van der Waals surface area contributed by atoms with Crippen LogP contribution in [0.5, 0.6) is 0 Å². The number of aliphatic hydroxyl groups excluding tert-OH is 1. The molecule has 1 amide bonds. The van der Waals surface area contributed by atoms with E-state index in [0.717, 1.165) is 19.3 Å². The van der Waals surface area contributed by atoms with E-state index in [1.54, 1.807) is 6.92 Å². The summed E-state index contributed by atoms with van der Waals surface area (Å²) in [5.41, 5.74) is 0.0302. The van der Waals surface area contributed by atoms with Gasteiger partial charge in [-0.3, -0.25) is 14.9 Å².